The summed E-state index contributed by atoms with van der Waals surface area (Å²) in [4.78, 5) is 73.6. The van der Waals surface area contributed by atoms with Crippen LogP contribution < -0.4 is 20.9 Å². The van der Waals surface area contributed by atoms with Crippen molar-refractivity contribution in [3.8, 4) is 5.75 Å². The van der Waals surface area contributed by atoms with E-state index in [-0.39, 0.29) is 50.3 Å². The smallest absolute Gasteiger partial charge is 0.311 e. The predicted molar refractivity (Wildman–Crippen MR) is 141 cm³/mol. The van der Waals surface area contributed by atoms with Gasteiger partial charge in [-0.1, -0.05) is 12.1 Å². The third kappa shape index (κ3) is 5.23. The zero-order valence-electron chi connectivity index (χ0n) is 23.0. The summed E-state index contributed by atoms with van der Waals surface area (Å²) in [7, 11) is 4.00. The molecule has 4 amide bonds. The zero-order valence-corrected chi connectivity index (χ0v) is 23.0. The average Bonchev–Trinajstić information content (AvgIpc) is 3.17. The van der Waals surface area contributed by atoms with Crippen molar-refractivity contribution < 1.29 is 28.3 Å². The third-order valence-electron chi connectivity index (χ3n) is 7.71. The summed E-state index contributed by atoms with van der Waals surface area (Å²) in [5, 5.41) is 8.65. The minimum atomic E-state index is -1.39. The number of aromatic nitrogens is 2. The number of benzene rings is 1. The first kappa shape index (κ1) is 29.2. The van der Waals surface area contributed by atoms with Gasteiger partial charge in [0.15, 0.2) is 5.69 Å². The number of halogens is 1. The quantitative estimate of drug-likeness (QED) is 0.228. The van der Waals surface area contributed by atoms with E-state index in [1.807, 2.05) is 0 Å². The Morgan fingerprint density at radius 2 is 1.90 bits per heavy atom. The fourth-order valence-corrected chi connectivity index (χ4v) is 5.39. The van der Waals surface area contributed by atoms with Crippen LogP contribution in [-0.2, 0) is 33.0 Å². The highest BCUT2D eigenvalue weighted by Crippen LogP contribution is 2.50. The summed E-state index contributed by atoms with van der Waals surface area (Å²) in [6.07, 6.45) is 0.358. The Bertz CT molecular complexity index is 1550. The summed E-state index contributed by atoms with van der Waals surface area (Å²) in [5.41, 5.74) is 6.08. The van der Waals surface area contributed by atoms with Crippen LogP contribution in [0.1, 0.15) is 53.1 Å². The maximum Gasteiger partial charge on any atom is 0.311 e. The first-order chi connectivity index (χ1) is 19.4. The molecule has 3 aliphatic rings. The van der Waals surface area contributed by atoms with Gasteiger partial charge in [0.05, 0.1) is 18.1 Å². The van der Waals surface area contributed by atoms with Crippen LogP contribution in [0.5, 0.6) is 5.75 Å². The lowest BCUT2D eigenvalue weighted by Gasteiger charge is -2.40. The van der Waals surface area contributed by atoms with E-state index < -0.39 is 51.7 Å². The number of rotatable bonds is 6. The number of amides is 4. The van der Waals surface area contributed by atoms with E-state index >= 15 is 0 Å². The second kappa shape index (κ2) is 11.0. The number of carbonyl (C=O) groups excluding carboxylic acids is 4. The summed E-state index contributed by atoms with van der Waals surface area (Å²) < 4.78 is 20.1. The molecule has 1 aromatic carbocycles. The first-order valence-corrected chi connectivity index (χ1v) is 12.7. The molecule has 0 saturated heterocycles. The highest BCUT2D eigenvalue weighted by atomic mass is 19.1. The van der Waals surface area contributed by atoms with Gasteiger partial charge < -0.3 is 20.3 Å². The number of fused-ring (bicyclic) bond motifs is 2. The molecule has 2 N–H and O–H groups in total. The first-order valence-electron chi connectivity index (χ1n) is 12.7. The predicted octanol–water partition coefficient (Wildman–Crippen LogP) is 1.44. The van der Waals surface area contributed by atoms with Crippen molar-refractivity contribution >= 4 is 23.6 Å². The van der Waals surface area contributed by atoms with Gasteiger partial charge in [0.2, 0.25) is 11.7 Å². The van der Waals surface area contributed by atoms with Gasteiger partial charge in [0.1, 0.15) is 11.6 Å². The molecule has 5 rings (SSSR count). The maximum absolute atomic E-state index is 13.8. The molecule has 15 heteroatoms. The molecule has 0 radical (unpaired) electrons. The molecule has 3 heterocycles. The Labute approximate surface area is 233 Å². The minimum Gasteiger partial charge on any atom is -0.489 e. The normalized spacial score (nSPS) is 20.6. The van der Waals surface area contributed by atoms with Crippen molar-refractivity contribution in [1.29, 1.82) is 0 Å². The van der Waals surface area contributed by atoms with Crippen molar-refractivity contribution in [3.05, 3.63) is 67.5 Å². The van der Waals surface area contributed by atoms with Gasteiger partial charge in [0.25, 0.3) is 11.5 Å². The highest BCUT2D eigenvalue weighted by Gasteiger charge is 2.54. The number of carbonyl (C=O) groups is 4. The highest BCUT2D eigenvalue weighted by molar-refractivity contribution is 6.35. The topological polar surface area (TPSA) is 188 Å². The van der Waals surface area contributed by atoms with Gasteiger partial charge in [0, 0.05) is 32.1 Å². The Morgan fingerprint density at radius 1 is 1.22 bits per heavy atom. The largest absolute Gasteiger partial charge is 0.489 e. The molecular formula is C26H29FN8O6. The zero-order chi connectivity index (χ0) is 30.1. The number of hydrogen-bond donors (Lipinski definition) is 2. The van der Waals surface area contributed by atoms with E-state index in [2.05, 4.69) is 25.6 Å². The Balaban J connectivity index is 1.82. The van der Waals surface area contributed by atoms with Crippen molar-refractivity contribution in [3.63, 3.8) is 0 Å². The van der Waals surface area contributed by atoms with Crippen molar-refractivity contribution in [2.24, 2.45) is 10.5 Å². The number of nitrogens with one attached hydrogen (secondary N) is 2. The van der Waals surface area contributed by atoms with Crippen LogP contribution >= 0.6 is 0 Å². The van der Waals surface area contributed by atoms with E-state index in [1.165, 1.54) is 33.3 Å². The number of ether oxygens (including phenoxy) is 1. The molecule has 2 aliphatic heterocycles. The fraction of sp³-hybridized carbons (Fsp3) is 0.462. The van der Waals surface area contributed by atoms with Crippen LogP contribution in [0.3, 0.4) is 0 Å². The minimum absolute atomic E-state index is 0.00774. The number of methoxy groups -OCH3 is 1. The van der Waals surface area contributed by atoms with Crippen molar-refractivity contribution in [1.82, 2.24) is 25.1 Å². The standard InChI is InChI=1S/C26H29FN8O6/c1-14-11-15(5-6-16(14)27)12-29-19(36)17-18(41-4)21(38)35-13-25(24(40)32-33-28)7-9-26(10-8-25,23(35)30-17)31-20(37)22(39)34(2)3/h5-6,11H,7-10,12-13H2,1-4H3,(H,29,36)(H,31,37). The molecule has 1 saturated carbocycles. The van der Waals surface area contributed by atoms with E-state index in [4.69, 9.17) is 10.3 Å². The summed E-state index contributed by atoms with van der Waals surface area (Å²) in [6, 6.07) is 4.34. The van der Waals surface area contributed by atoms with Gasteiger partial charge >= 0.3 is 11.8 Å². The monoisotopic (exact) mass is 568 g/mol. The summed E-state index contributed by atoms with van der Waals surface area (Å²) >= 11 is 0. The number of azide groups is 1. The molecule has 1 aliphatic carbocycles. The number of hydrogen-bond acceptors (Lipinski definition) is 7. The average molecular weight is 569 g/mol. The molecule has 2 bridgehead atoms. The second-order valence-electron chi connectivity index (χ2n) is 10.5. The van der Waals surface area contributed by atoms with Gasteiger partial charge in [-0.25, -0.2) is 9.37 Å². The summed E-state index contributed by atoms with van der Waals surface area (Å²) in [5.74, 6) is -4.16. The molecule has 1 fully saturated rings. The van der Waals surface area contributed by atoms with Crippen LogP contribution in [0.15, 0.2) is 28.1 Å². The van der Waals surface area contributed by atoms with Crippen LogP contribution in [0.2, 0.25) is 0 Å². The van der Waals surface area contributed by atoms with Gasteiger partial charge in [-0.05, 0) is 60.4 Å². The molecule has 0 spiro atoms. The van der Waals surface area contributed by atoms with Crippen LogP contribution in [0, 0.1) is 18.2 Å². The molecule has 0 unspecified atom stereocenters. The lowest BCUT2D eigenvalue weighted by atomic mass is 9.68. The van der Waals surface area contributed by atoms with Crippen LogP contribution in [-0.4, -0.2) is 59.3 Å². The lowest BCUT2D eigenvalue weighted by Crippen LogP contribution is -2.54. The molecule has 2 aromatic rings. The lowest BCUT2D eigenvalue weighted by molar-refractivity contribution is -0.146. The fourth-order valence-electron chi connectivity index (χ4n) is 5.39. The van der Waals surface area contributed by atoms with Gasteiger partial charge in [-0.2, -0.15) is 0 Å². The Morgan fingerprint density at radius 3 is 2.49 bits per heavy atom. The number of nitrogens with zero attached hydrogens (tertiary/aromatic N) is 6. The van der Waals surface area contributed by atoms with E-state index in [0.717, 1.165) is 9.47 Å². The van der Waals surface area contributed by atoms with Crippen molar-refractivity contribution in [2.45, 2.75) is 51.2 Å². The van der Waals surface area contributed by atoms with Crippen molar-refractivity contribution in [2.75, 3.05) is 21.2 Å². The molecule has 41 heavy (non-hydrogen) atoms. The maximum atomic E-state index is 13.8. The molecule has 216 valence electrons. The van der Waals surface area contributed by atoms with E-state index in [1.54, 1.807) is 13.0 Å². The number of likely N-dealkylation sites (N-methyl/N-ethyl adjacent to an activating group) is 1. The SMILES string of the molecule is COc1c(C(=O)NCc2ccc(F)c(C)c2)nc2n(c1=O)CC1(C(=O)N=[N+]=[N-])CCC2(NC(=O)C(=O)N(C)C)CC1. The Hall–Kier alpha value is -4.78. The van der Waals surface area contributed by atoms with Crippen LogP contribution in [0.25, 0.3) is 10.4 Å². The Kier molecular flexibility index (Phi) is 7.84. The third-order valence-corrected chi connectivity index (χ3v) is 7.71. The summed E-state index contributed by atoms with van der Waals surface area (Å²) in [6.45, 7) is 1.34. The molecule has 0 atom stereocenters. The molecule has 14 nitrogen and oxygen atoms in total. The van der Waals surface area contributed by atoms with Crippen LogP contribution in [0.4, 0.5) is 4.39 Å². The van der Waals surface area contributed by atoms with E-state index in [0.29, 0.717) is 11.1 Å². The van der Waals surface area contributed by atoms with Gasteiger partial charge in [-0.3, -0.25) is 28.5 Å². The number of aryl methyl sites for hydroxylation is 1. The van der Waals surface area contributed by atoms with Gasteiger partial charge in [-0.15, -0.1) is 0 Å². The molecular weight excluding hydrogens is 539 g/mol. The second-order valence-corrected chi connectivity index (χ2v) is 10.5. The molecule has 1 aromatic heterocycles. The van der Waals surface area contributed by atoms with E-state index in [9.17, 15) is 28.4 Å².